The minimum Gasteiger partial charge on any atom is -0.480 e. The summed E-state index contributed by atoms with van der Waals surface area (Å²) in [4.78, 5) is 12.6. The van der Waals surface area contributed by atoms with Gasteiger partial charge in [-0.2, -0.15) is 9.97 Å². The maximum atomic E-state index is 8.92. The lowest BCUT2D eigenvalue weighted by molar-refractivity contribution is 0.00719. The summed E-state index contributed by atoms with van der Waals surface area (Å²) in [5.41, 5.74) is 3.45. The lowest BCUT2D eigenvalue weighted by Crippen LogP contribution is -2.30. The molecule has 10 heteroatoms. The largest absolute Gasteiger partial charge is 0.480 e. The third-order valence-corrected chi connectivity index (χ3v) is 5.75. The lowest BCUT2D eigenvalue weighted by Gasteiger charge is -2.29. The van der Waals surface area contributed by atoms with Crippen molar-refractivity contribution in [3.63, 3.8) is 0 Å². The number of pyridine rings is 1. The van der Waals surface area contributed by atoms with Crippen molar-refractivity contribution in [2.75, 3.05) is 25.6 Å². The molecule has 0 aromatic carbocycles. The molecule has 162 valence electrons. The van der Waals surface area contributed by atoms with Gasteiger partial charge in [0.15, 0.2) is 5.65 Å². The van der Waals surface area contributed by atoms with E-state index in [0.717, 1.165) is 47.8 Å². The van der Waals surface area contributed by atoms with Crippen molar-refractivity contribution in [2.24, 2.45) is 0 Å². The first-order valence-corrected chi connectivity index (χ1v) is 10.5. The van der Waals surface area contributed by atoms with E-state index in [2.05, 4.69) is 25.5 Å². The number of anilines is 1. The van der Waals surface area contributed by atoms with Gasteiger partial charge >= 0.3 is 0 Å². The molecule has 0 amide bonds. The van der Waals surface area contributed by atoms with Crippen molar-refractivity contribution >= 4 is 22.6 Å². The summed E-state index contributed by atoms with van der Waals surface area (Å²) in [6.45, 7) is 0.468. The molecule has 3 N–H and O–H groups in total. The number of nitrogens with zero attached hydrogens (tertiary/aromatic N) is 5. The van der Waals surface area contributed by atoms with Crippen LogP contribution in [0, 0.1) is 0 Å². The van der Waals surface area contributed by atoms with Crippen molar-refractivity contribution in [1.82, 2.24) is 29.5 Å². The zero-order valence-electron chi connectivity index (χ0n) is 17.3. The van der Waals surface area contributed by atoms with Crippen LogP contribution in [0.2, 0.25) is 0 Å². The van der Waals surface area contributed by atoms with E-state index in [9.17, 15) is 0 Å². The number of fused-ring (bicyclic) bond motifs is 2. The standard InChI is InChI=1S/C21H25N7O3/c1-30-20-18-16(13-2-7-17-27-23-12-28(17)11-13)10-22-19(18)25-21(26-20)24-14-3-5-15(6-4-14)31-9-8-29/h2,7,10-12,14-15,29H,3-6,8-9H2,1H3,(H2,22,24,25,26)/t14-,15+. The van der Waals surface area contributed by atoms with Crippen LogP contribution in [0.3, 0.4) is 0 Å². The Hall–Kier alpha value is -3.24. The van der Waals surface area contributed by atoms with E-state index in [1.165, 1.54) is 0 Å². The van der Waals surface area contributed by atoms with Crippen molar-refractivity contribution in [2.45, 2.75) is 37.8 Å². The Labute approximate surface area is 178 Å². The number of hydrogen-bond acceptors (Lipinski definition) is 8. The fourth-order valence-electron chi connectivity index (χ4n) is 4.20. The molecule has 5 rings (SSSR count). The topological polar surface area (TPSA) is 122 Å². The van der Waals surface area contributed by atoms with Crippen LogP contribution in [-0.2, 0) is 4.74 Å². The smallest absolute Gasteiger partial charge is 0.228 e. The van der Waals surface area contributed by atoms with Crippen molar-refractivity contribution in [1.29, 1.82) is 0 Å². The van der Waals surface area contributed by atoms with Gasteiger partial charge in [-0.3, -0.25) is 4.40 Å². The fourth-order valence-corrected chi connectivity index (χ4v) is 4.20. The number of aliphatic hydroxyl groups is 1. The summed E-state index contributed by atoms with van der Waals surface area (Å²) in [5.74, 6) is 1.07. The van der Waals surface area contributed by atoms with E-state index in [-0.39, 0.29) is 18.8 Å². The third-order valence-electron chi connectivity index (χ3n) is 5.75. The first-order chi connectivity index (χ1) is 15.2. The highest BCUT2D eigenvalue weighted by Crippen LogP contribution is 2.34. The van der Waals surface area contributed by atoms with Crippen LogP contribution in [0.1, 0.15) is 25.7 Å². The van der Waals surface area contributed by atoms with E-state index in [1.807, 2.05) is 28.9 Å². The first-order valence-electron chi connectivity index (χ1n) is 10.5. The van der Waals surface area contributed by atoms with E-state index >= 15 is 0 Å². The molecule has 1 saturated carbocycles. The zero-order chi connectivity index (χ0) is 21.2. The molecular formula is C21H25N7O3. The van der Waals surface area contributed by atoms with E-state index in [0.29, 0.717) is 24.1 Å². The highest BCUT2D eigenvalue weighted by atomic mass is 16.5. The Morgan fingerprint density at radius 3 is 2.90 bits per heavy atom. The number of nitrogens with one attached hydrogen (secondary N) is 2. The summed E-state index contributed by atoms with van der Waals surface area (Å²) in [6.07, 6.45) is 9.63. The van der Waals surface area contributed by atoms with Crippen LogP contribution in [0.4, 0.5) is 5.95 Å². The SMILES string of the molecule is COc1nc(N[C@H]2CC[C@@H](OCCO)CC2)nc2[nH]cc(-c3ccc4nncn4c3)c12. The summed E-state index contributed by atoms with van der Waals surface area (Å²) in [7, 11) is 1.62. The molecule has 10 nitrogen and oxygen atoms in total. The van der Waals surface area contributed by atoms with Gasteiger partial charge in [-0.15, -0.1) is 10.2 Å². The van der Waals surface area contributed by atoms with E-state index in [1.54, 1.807) is 13.4 Å². The number of hydrogen-bond donors (Lipinski definition) is 3. The molecule has 1 aliphatic carbocycles. The van der Waals surface area contributed by atoms with Gasteiger partial charge in [-0.1, -0.05) is 0 Å². The molecule has 1 fully saturated rings. The molecular weight excluding hydrogens is 398 g/mol. The molecule has 4 aromatic heterocycles. The van der Waals surface area contributed by atoms with Gasteiger partial charge in [-0.05, 0) is 37.8 Å². The second-order valence-electron chi connectivity index (χ2n) is 7.71. The average Bonchev–Trinajstić information content (AvgIpc) is 3.44. The number of methoxy groups -OCH3 is 1. The average molecular weight is 423 g/mol. The van der Waals surface area contributed by atoms with Gasteiger partial charge in [0.1, 0.15) is 12.0 Å². The first kappa shape index (κ1) is 19.7. The number of H-pyrrole nitrogens is 1. The van der Waals surface area contributed by atoms with E-state index < -0.39 is 0 Å². The summed E-state index contributed by atoms with van der Waals surface area (Å²) < 4.78 is 13.1. The van der Waals surface area contributed by atoms with Crippen LogP contribution in [-0.4, -0.2) is 67.1 Å². The molecule has 0 aliphatic heterocycles. The van der Waals surface area contributed by atoms with Gasteiger partial charge in [0, 0.05) is 29.6 Å². The molecule has 31 heavy (non-hydrogen) atoms. The fraction of sp³-hybridized carbons (Fsp3) is 0.429. The van der Waals surface area contributed by atoms with Crippen molar-refractivity contribution < 1.29 is 14.6 Å². The minimum atomic E-state index is 0.0665. The Morgan fingerprint density at radius 1 is 1.23 bits per heavy atom. The Bertz CT molecular complexity index is 1180. The Kier molecular flexibility index (Phi) is 5.39. The number of ether oxygens (including phenoxy) is 2. The molecule has 0 unspecified atom stereocenters. The zero-order valence-corrected chi connectivity index (χ0v) is 17.3. The number of aliphatic hydroxyl groups excluding tert-OH is 1. The maximum Gasteiger partial charge on any atom is 0.228 e. The second-order valence-corrected chi connectivity index (χ2v) is 7.71. The Morgan fingerprint density at radius 2 is 2.10 bits per heavy atom. The Balaban J connectivity index is 1.38. The normalized spacial score (nSPS) is 19.2. The number of aromatic amines is 1. The van der Waals surface area contributed by atoms with Crippen LogP contribution in [0.15, 0.2) is 30.9 Å². The lowest BCUT2D eigenvalue weighted by atomic mass is 9.93. The highest BCUT2D eigenvalue weighted by molar-refractivity contribution is 5.97. The third kappa shape index (κ3) is 3.91. The monoisotopic (exact) mass is 423 g/mol. The number of aromatic nitrogens is 6. The molecule has 0 radical (unpaired) electrons. The van der Waals surface area contributed by atoms with Crippen LogP contribution >= 0.6 is 0 Å². The molecule has 0 atom stereocenters. The summed E-state index contributed by atoms with van der Waals surface area (Å²) in [6, 6.07) is 4.20. The highest BCUT2D eigenvalue weighted by Gasteiger charge is 2.23. The minimum absolute atomic E-state index is 0.0665. The maximum absolute atomic E-state index is 8.92. The van der Waals surface area contributed by atoms with Crippen LogP contribution < -0.4 is 10.1 Å². The molecule has 1 aliphatic rings. The second kappa shape index (κ2) is 8.48. The van der Waals surface area contributed by atoms with Gasteiger partial charge in [0.25, 0.3) is 0 Å². The quantitative estimate of drug-likeness (QED) is 0.414. The van der Waals surface area contributed by atoms with Gasteiger partial charge in [0.2, 0.25) is 11.8 Å². The van der Waals surface area contributed by atoms with Gasteiger partial charge in [-0.25, -0.2) is 0 Å². The summed E-state index contributed by atoms with van der Waals surface area (Å²) >= 11 is 0. The molecule has 0 saturated heterocycles. The van der Waals surface area contributed by atoms with Crippen LogP contribution in [0.25, 0.3) is 27.8 Å². The summed E-state index contributed by atoms with van der Waals surface area (Å²) in [5, 5.41) is 21.2. The van der Waals surface area contributed by atoms with E-state index in [4.69, 9.17) is 19.6 Å². The number of rotatable bonds is 7. The van der Waals surface area contributed by atoms with Crippen molar-refractivity contribution in [3.05, 3.63) is 30.9 Å². The molecule has 0 bridgehead atoms. The van der Waals surface area contributed by atoms with Crippen LogP contribution in [0.5, 0.6) is 5.88 Å². The predicted octanol–water partition coefficient (Wildman–Crippen LogP) is 2.41. The molecule has 4 heterocycles. The van der Waals surface area contributed by atoms with Gasteiger partial charge in [0.05, 0.1) is 31.8 Å². The predicted molar refractivity (Wildman–Crippen MR) is 115 cm³/mol. The molecule has 0 spiro atoms. The molecule has 4 aromatic rings. The van der Waals surface area contributed by atoms with Crippen molar-refractivity contribution in [3.8, 4) is 17.0 Å². The van der Waals surface area contributed by atoms with Gasteiger partial charge < -0.3 is 24.9 Å².